The van der Waals surface area contributed by atoms with Gasteiger partial charge in [-0.15, -0.1) is 0 Å². The van der Waals surface area contributed by atoms with Gasteiger partial charge in [-0.2, -0.15) is 0 Å². The van der Waals surface area contributed by atoms with Crippen LogP contribution in [-0.4, -0.2) is 19.7 Å². The topological polar surface area (TPSA) is 41.6 Å². The summed E-state index contributed by atoms with van der Waals surface area (Å²) in [6.45, 7) is 2.18. The fourth-order valence-electron chi connectivity index (χ4n) is 2.71. The summed E-state index contributed by atoms with van der Waals surface area (Å²) in [5.41, 5.74) is 5.59. The fourth-order valence-corrected chi connectivity index (χ4v) is 2.71. The van der Waals surface area contributed by atoms with Gasteiger partial charge in [-0.1, -0.05) is 24.3 Å². The van der Waals surface area contributed by atoms with Crippen LogP contribution < -0.4 is 10.2 Å². The molecule has 4 nitrogen and oxygen atoms in total. The van der Waals surface area contributed by atoms with Gasteiger partial charge in [0, 0.05) is 24.1 Å². The molecule has 114 valence electrons. The van der Waals surface area contributed by atoms with Crippen LogP contribution in [0.15, 0.2) is 42.5 Å². The van der Waals surface area contributed by atoms with E-state index >= 15 is 0 Å². The Balaban J connectivity index is 1.91. The third-order valence-corrected chi connectivity index (χ3v) is 3.97. The number of aryl methyl sites for hydroxylation is 2. The van der Waals surface area contributed by atoms with Gasteiger partial charge in [-0.05, 0) is 49.1 Å². The Morgan fingerprint density at radius 1 is 1.14 bits per heavy atom. The number of amides is 1. The summed E-state index contributed by atoms with van der Waals surface area (Å²) in [6, 6.07) is 14.4. The van der Waals surface area contributed by atoms with Gasteiger partial charge in [0.25, 0.3) is 0 Å². The summed E-state index contributed by atoms with van der Waals surface area (Å²) in [6.07, 6.45) is 1.67. The van der Waals surface area contributed by atoms with Crippen molar-refractivity contribution in [2.75, 3.05) is 23.9 Å². The summed E-state index contributed by atoms with van der Waals surface area (Å²) in [5, 5.41) is 3.49. The van der Waals surface area contributed by atoms with E-state index in [0.717, 1.165) is 29.9 Å². The van der Waals surface area contributed by atoms with Crippen molar-refractivity contribution in [2.24, 2.45) is 0 Å². The van der Waals surface area contributed by atoms with Crippen molar-refractivity contribution in [1.82, 2.24) is 0 Å². The number of anilines is 3. The first-order chi connectivity index (χ1) is 10.7. The Hall–Kier alpha value is -2.49. The summed E-state index contributed by atoms with van der Waals surface area (Å²) >= 11 is 0. The predicted molar refractivity (Wildman–Crippen MR) is 89.0 cm³/mol. The smallest absolute Gasteiger partial charge is 0.413 e. The SMILES string of the molecule is CCOC(=O)N(C)c1ccc2c(c1)Nc1ccccc1CC2. The van der Waals surface area contributed by atoms with Crippen molar-refractivity contribution >= 4 is 23.2 Å². The lowest BCUT2D eigenvalue weighted by Crippen LogP contribution is -2.27. The van der Waals surface area contributed by atoms with Crippen LogP contribution in [0.5, 0.6) is 0 Å². The lowest BCUT2D eigenvalue weighted by molar-refractivity contribution is 0.161. The highest BCUT2D eigenvalue weighted by Crippen LogP contribution is 2.32. The second-order valence-corrected chi connectivity index (χ2v) is 5.38. The molecule has 0 bridgehead atoms. The first-order valence-corrected chi connectivity index (χ1v) is 7.57. The number of fused-ring (bicyclic) bond motifs is 2. The number of benzene rings is 2. The Labute approximate surface area is 130 Å². The van der Waals surface area contributed by atoms with E-state index in [4.69, 9.17) is 4.74 Å². The summed E-state index contributed by atoms with van der Waals surface area (Å²) in [5.74, 6) is 0. The molecule has 1 aliphatic rings. The number of hydrogen-bond donors (Lipinski definition) is 1. The Bertz CT molecular complexity index is 697. The number of carbonyl (C=O) groups is 1. The minimum atomic E-state index is -0.337. The van der Waals surface area contributed by atoms with E-state index in [1.165, 1.54) is 16.0 Å². The molecule has 1 aliphatic heterocycles. The third kappa shape index (κ3) is 2.77. The lowest BCUT2D eigenvalue weighted by atomic mass is 10.0. The zero-order valence-corrected chi connectivity index (χ0v) is 12.9. The zero-order valence-electron chi connectivity index (χ0n) is 12.9. The Morgan fingerprint density at radius 2 is 1.86 bits per heavy atom. The lowest BCUT2D eigenvalue weighted by Gasteiger charge is -2.19. The maximum absolute atomic E-state index is 11.9. The van der Waals surface area contributed by atoms with Crippen molar-refractivity contribution in [2.45, 2.75) is 19.8 Å². The highest BCUT2D eigenvalue weighted by Gasteiger charge is 2.16. The monoisotopic (exact) mass is 296 g/mol. The molecular weight excluding hydrogens is 276 g/mol. The highest BCUT2D eigenvalue weighted by atomic mass is 16.6. The van der Waals surface area contributed by atoms with Crippen LogP contribution in [0.1, 0.15) is 18.1 Å². The van der Waals surface area contributed by atoms with Crippen LogP contribution in [0, 0.1) is 0 Å². The van der Waals surface area contributed by atoms with Gasteiger partial charge in [0.2, 0.25) is 0 Å². The molecule has 2 aromatic rings. The summed E-state index contributed by atoms with van der Waals surface area (Å²) < 4.78 is 5.05. The van der Waals surface area contributed by atoms with E-state index in [1.807, 2.05) is 18.2 Å². The molecule has 0 aliphatic carbocycles. The summed E-state index contributed by atoms with van der Waals surface area (Å²) in [4.78, 5) is 13.4. The van der Waals surface area contributed by atoms with E-state index in [9.17, 15) is 4.79 Å². The minimum Gasteiger partial charge on any atom is -0.449 e. The number of nitrogens with zero attached hydrogens (tertiary/aromatic N) is 1. The number of ether oxygens (including phenoxy) is 1. The highest BCUT2D eigenvalue weighted by molar-refractivity contribution is 5.88. The Morgan fingerprint density at radius 3 is 2.64 bits per heavy atom. The van der Waals surface area contributed by atoms with Crippen molar-refractivity contribution in [3.63, 3.8) is 0 Å². The molecule has 1 heterocycles. The van der Waals surface area contributed by atoms with Crippen LogP contribution in [0.3, 0.4) is 0 Å². The van der Waals surface area contributed by atoms with Crippen LogP contribution in [-0.2, 0) is 17.6 Å². The fraction of sp³-hybridized carbons (Fsp3) is 0.278. The first kappa shape index (κ1) is 14.4. The second-order valence-electron chi connectivity index (χ2n) is 5.38. The van der Waals surface area contributed by atoms with E-state index < -0.39 is 0 Å². The van der Waals surface area contributed by atoms with Gasteiger partial charge in [-0.25, -0.2) is 4.79 Å². The normalized spacial score (nSPS) is 12.5. The van der Waals surface area contributed by atoms with Crippen molar-refractivity contribution in [1.29, 1.82) is 0 Å². The molecule has 0 radical (unpaired) electrons. The van der Waals surface area contributed by atoms with E-state index in [1.54, 1.807) is 14.0 Å². The molecule has 22 heavy (non-hydrogen) atoms. The van der Waals surface area contributed by atoms with E-state index in [2.05, 4.69) is 29.6 Å². The number of rotatable bonds is 2. The largest absolute Gasteiger partial charge is 0.449 e. The predicted octanol–water partition coefficient (Wildman–Crippen LogP) is 4.12. The average molecular weight is 296 g/mol. The number of hydrogen-bond acceptors (Lipinski definition) is 3. The summed E-state index contributed by atoms with van der Waals surface area (Å²) in [7, 11) is 1.73. The van der Waals surface area contributed by atoms with Crippen LogP contribution in [0.4, 0.5) is 21.9 Å². The van der Waals surface area contributed by atoms with Crippen molar-refractivity contribution in [3.05, 3.63) is 53.6 Å². The Kier molecular flexibility index (Phi) is 4.00. The molecule has 1 amide bonds. The molecule has 1 N–H and O–H groups in total. The molecule has 0 aromatic heterocycles. The van der Waals surface area contributed by atoms with Crippen molar-refractivity contribution in [3.8, 4) is 0 Å². The molecule has 3 rings (SSSR count). The standard InChI is InChI=1S/C18H20N2O2/c1-3-22-18(21)20(2)15-11-10-14-9-8-13-6-4-5-7-16(13)19-17(14)12-15/h4-7,10-12,19H,3,8-9H2,1-2H3. The number of carbonyl (C=O) groups excluding carboxylic acids is 1. The molecule has 2 aromatic carbocycles. The van der Waals surface area contributed by atoms with Crippen LogP contribution >= 0.6 is 0 Å². The van der Waals surface area contributed by atoms with Gasteiger partial charge in [-0.3, -0.25) is 4.90 Å². The molecule has 0 saturated heterocycles. The van der Waals surface area contributed by atoms with E-state index in [-0.39, 0.29) is 6.09 Å². The molecule has 0 saturated carbocycles. The number of nitrogens with one attached hydrogen (secondary N) is 1. The molecule has 0 unspecified atom stereocenters. The zero-order chi connectivity index (χ0) is 15.5. The van der Waals surface area contributed by atoms with Crippen molar-refractivity contribution < 1.29 is 9.53 Å². The quantitative estimate of drug-likeness (QED) is 0.906. The molecular formula is C18H20N2O2. The maximum Gasteiger partial charge on any atom is 0.413 e. The van der Waals surface area contributed by atoms with Gasteiger partial charge >= 0.3 is 6.09 Å². The second kappa shape index (κ2) is 6.10. The average Bonchev–Trinajstić information content (AvgIpc) is 2.72. The third-order valence-electron chi connectivity index (χ3n) is 3.97. The minimum absolute atomic E-state index is 0.337. The van der Waals surface area contributed by atoms with Gasteiger partial charge in [0.1, 0.15) is 0 Å². The molecule has 0 atom stereocenters. The molecule has 4 heteroatoms. The number of para-hydroxylation sites is 1. The molecule has 0 spiro atoms. The van der Waals surface area contributed by atoms with Gasteiger partial charge in [0.15, 0.2) is 0 Å². The molecule has 0 fully saturated rings. The van der Waals surface area contributed by atoms with Gasteiger partial charge in [0.05, 0.1) is 6.61 Å². The maximum atomic E-state index is 11.9. The van der Waals surface area contributed by atoms with E-state index in [0.29, 0.717) is 6.61 Å². The van der Waals surface area contributed by atoms with Gasteiger partial charge < -0.3 is 10.1 Å². The van der Waals surface area contributed by atoms with Crippen LogP contribution in [0.2, 0.25) is 0 Å². The first-order valence-electron chi connectivity index (χ1n) is 7.57. The van der Waals surface area contributed by atoms with Crippen LogP contribution in [0.25, 0.3) is 0 Å².